The molecule has 1 fully saturated rings. The van der Waals surface area contributed by atoms with Crippen LogP contribution in [0.25, 0.3) is 0 Å². The van der Waals surface area contributed by atoms with E-state index in [1.807, 2.05) is 68.3 Å². The standard InChI is InChI=1S/C22H30ClN5O/c1-26(2)15-18-14-20(27(3)4)25-22(24-18)19-9-6-12-28(19)21(29)11-10-16-7-5-8-17(23)13-16/h5,7-8,13-14,19H,6,9-12,15H2,1-4H3. The van der Waals surface area contributed by atoms with Crippen molar-refractivity contribution in [2.45, 2.75) is 38.3 Å². The Hall–Kier alpha value is -2.18. The van der Waals surface area contributed by atoms with E-state index in [0.29, 0.717) is 17.9 Å². The molecule has 2 aromatic rings. The van der Waals surface area contributed by atoms with Crippen LogP contribution in [0.1, 0.15) is 42.4 Å². The van der Waals surface area contributed by atoms with Crippen LogP contribution in [0, 0.1) is 0 Å². The van der Waals surface area contributed by atoms with Crippen LogP contribution in [0.4, 0.5) is 5.82 Å². The van der Waals surface area contributed by atoms with Crippen molar-refractivity contribution in [2.75, 3.05) is 39.6 Å². The molecule has 0 spiro atoms. The van der Waals surface area contributed by atoms with Gasteiger partial charge in [-0.05, 0) is 51.1 Å². The Bertz CT molecular complexity index is 855. The van der Waals surface area contributed by atoms with Gasteiger partial charge in [0.1, 0.15) is 5.82 Å². The van der Waals surface area contributed by atoms with E-state index in [-0.39, 0.29) is 11.9 Å². The van der Waals surface area contributed by atoms with Crippen molar-refractivity contribution in [2.24, 2.45) is 0 Å². The zero-order valence-corrected chi connectivity index (χ0v) is 18.5. The van der Waals surface area contributed by atoms with Crippen LogP contribution in [-0.4, -0.2) is 60.4 Å². The van der Waals surface area contributed by atoms with Crippen LogP contribution in [0.2, 0.25) is 5.02 Å². The number of hydrogen-bond acceptors (Lipinski definition) is 5. The summed E-state index contributed by atoms with van der Waals surface area (Å²) in [4.78, 5) is 28.6. The molecule has 6 nitrogen and oxygen atoms in total. The third kappa shape index (κ3) is 5.67. The molecule has 1 aliphatic heterocycles. The number of aryl methyl sites for hydroxylation is 1. The lowest BCUT2D eigenvalue weighted by molar-refractivity contribution is -0.132. The molecule has 156 valence electrons. The van der Waals surface area contributed by atoms with Crippen molar-refractivity contribution in [1.82, 2.24) is 19.8 Å². The smallest absolute Gasteiger partial charge is 0.223 e. The molecule has 0 aliphatic carbocycles. The Morgan fingerprint density at radius 2 is 2.00 bits per heavy atom. The highest BCUT2D eigenvalue weighted by Gasteiger charge is 2.32. The lowest BCUT2D eigenvalue weighted by Gasteiger charge is -2.25. The van der Waals surface area contributed by atoms with Gasteiger partial charge in [-0.2, -0.15) is 0 Å². The van der Waals surface area contributed by atoms with Gasteiger partial charge in [0, 0.05) is 44.7 Å². The Kier molecular flexibility index (Phi) is 7.09. The van der Waals surface area contributed by atoms with Crippen molar-refractivity contribution in [3.05, 3.63) is 52.4 Å². The van der Waals surface area contributed by atoms with E-state index >= 15 is 0 Å². The van der Waals surface area contributed by atoms with E-state index in [1.165, 1.54) is 0 Å². The van der Waals surface area contributed by atoms with Crippen molar-refractivity contribution in [3.63, 3.8) is 0 Å². The summed E-state index contributed by atoms with van der Waals surface area (Å²) in [7, 11) is 8.01. The summed E-state index contributed by atoms with van der Waals surface area (Å²) in [5.74, 6) is 1.78. The van der Waals surface area contributed by atoms with Gasteiger partial charge in [-0.3, -0.25) is 4.79 Å². The molecule has 2 heterocycles. The lowest BCUT2D eigenvalue weighted by Crippen LogP contribution is -2.32. The predicted octanol–water partition coefficient (Wildman–Crippen LogP) is 3.55. The monoisotopic (exact) mass is 415 g/mol. The SMILES string of the molecule is CN(C)Cc1cc(N(C)C)nc(C2CCCN2C(=O)CCc2cccc(Cl)c2)n1. The highest BCUT2D eigenvalue weighted by Crippen LogP contribution is 2.32. The van der Waals surface area contributed by atoms with Gasteiger partial charge in [-0.1, -0.05) is 23.7 Å². The molecular weight excluding hydrogens is 386 g/mol. The summed E-state index contributed by atoms with van der Waals surface area (Å²) < 4.78 is 0. The number of halogens is 1. The number of benzene rings is 1. The van der Waals surface area contributed by atoms with E-state index in [1.54, 1.807) is 0 Å². The molecule has 1 unspecified atom stereocenters. The van der Waals surface area contributed by atoms with Gasteiger partial charge < -0.3 is 14.7 Å². The maximum absolute atomic E-state index is 13.0. The van der Waals surface area contributed by atoms with Gasteiger partial charge in [-0.15, -0.1) is 0 Å². The maximum Gasteiger partial charge on any atom is 0.223 e. The number of aromatic nitrogens is 2. The first kappa shape index (κ1) is 21.5. The van der Waals surface area contributed by atoms with E-state index in [4.69, 9.17) is 21.6 Å². The van der Waals surface area contributed by atoms with E-state index in [2.05, 4.69) is 4.90 Å². The summed E-state index contributed by atoms with van der Waals surface area (Å²) in [6, 6.07) is 9.68. The van der Waals surface area contributed by atoms with Crippen LogP contribution in [-0.2, 0) is 17.8 Å². The predicted molar refractivity (Wildman–Crippen MR) is 117 cm³/mol. The quantitative estimate of drug-likeness (QED) is 0.692. The third-order valence-corrected chi connectivity index (χ3v) is 5.34. The summed E-state index contributed by atoms with van der Waals surface area (Å²) in [5, 5.41) is 0.705. The first-order valence-corrected chi connectivity index (χ1v) is 10.4. The fraction of sp³-hybridized carbons (Fsp3) is 0.500. The molecule has 3 rings (SSSR count). The van der Waals surface area contributed by atoms with Gasteiger partial charge in [0.2, 0.25) is 5.91 Å². The Labute approximate surface area is 178 Å². The van der Waals surface area contributed by atoms with E-state index in [0.717, 1.165) is 48.8 Å². The number of nitrogens with zero attached hydrogens (tertiary/aromatic N) is 5. The number of carbonyl (C=O) groups excluding carboxylic acids is 1. The van der Waals surface area contributed by atoms with Crippen molar-refractivity contribution in [1.29, 1.82) is 0 Å². The second-order valence-electron chi connectivity index (χ2n) is 8.08. The minimum atomic E-state index is -0.0531. The minimum absolute atomic E-state index is 0.0531. The molecule has 29 heavy (non-hydrogen) atoms. The fourth-order valence-electron chi connectivity index (χ4n) is 3.71. The molecule has 0 bridgehead atoms. The van der Waals surface area contributed by atoms with Gasteiger partial charge in [-0.25, -0.2) is 9.97 Å². The van der Waals surface area contributed by atoms with Crippen LogP contribution >= 0.6 is 11.6 Å². The summed E-state index contributed by atoms with van der Waals surface area (Å²) in [6.07, 6.45) is 3.04. The first-order chi connectivity index (χ1) is 13.8. The third-order valence-electron chi connectivity index (χ3n) is 5.11. The van der Waals surface area contributed by atoms with Crippen molar-refractivity contribution >= 4 is 23.3 Å². The summed E-state index contributed by atoms with van der Waals surface area (Å²) in [6.45, 7) is 1.50. The highest BCUT2D eigenvalue weighted by atomic mass is 35.5. The van der Waals surface area contributed by atoms with Crippen LogP contribution in [0.15, 0.2) is 30.3 Å². The van der Waals surface area contributed by atoms with Gasteiger partial charge >= 0.3 is 0 Å². The van der Waals surface area contributed by atoms with Crippen molar-refractivity contribution in [3.8, 4) is 0 Å². The highest BCUT2D eigenvalue weighted by molar-refractivity contribution is 6.30. The average molecular weight is 416 g/mol. The fourth-order valence-corrected chi connectivity index (χ4v) is 3.92. The van der Waals surface area contributed by atoms with Gasteiger partial charge in [0.25, 0.3) is 0 Å². The molecule has 1 saturated heterocycles. The molecule has 0 radical (unpaired) electrons. The number of carbonyl (C=O) groups is 1. The molecule has 1 amide bonds. The Balaban J connectivity index is 1.77. The summed E-state index contributed by atoms with van der Waals surface area (Å²) >= 11 is 6.06. The molecule has 0 N–H and O–H groups in total. The topological polar surface area (TPSA) is 52.6 Å². The number of likely N-dealkylation sites (tertiary alicyclic amines) is 1. The average Bonchev–Trinajstić information content (AvgIpc) is 3.15. The van der Waals surface area contributed by atoms with E-state index < -0.39 is 0 Å². The maximum atomic E-state index is 13.0. The minimum Gasteiger partial charge on any atom is -0.363 e. The molecule has 1 aromatic heterocycles. The lowest BCUT2D eigenvalue weighted by atomic mass is 10.1. The second kappa shape index (κ2) is 9.55. The van der Waals surface area contributed by atoms with Crippen LogP contribution < -0.4 is 4.90 Å². The Morgan fingerprint density at radius 3 is 2.69 bits per heavy atom. The summed E-state index contributed by atoms with van der Waals surface area (Å²) in [5.41, 5.74) is 2.06. The normalized spacial score (nSPS) is 16.5. The molecule has 7 heteroatoms. The molecule has 1 atom stereocenters. The molecule has 0 saturated carbocycles. The molecular formula is C22H30ClN5O. The second-order valence-corrected chi connectivity index (χ2v) is 8.52. The number of rotatable bonds is 7. The first-order valence-electron chi connectivity index (χ1n) is 10.1. The largest absolute Gasteiger partial charge is 0.363 e. The van der Waals surface area contributed by atoms with Crippen LogP contribution in [0.3, 0.4) is 0 Å². The van der Waals surface area contributed by atoms with Crippen LogP contribution in [0.5, 0.6) is 0 Å². The van der Waals surface area contributed by atoms with E-state index in [9.17, 15) is 4.79 Å². The zero-order valence-electron chi connectivity index (χ0n) is 17.7. The van der Waals surface area contributed by atoms with Gasteiger partial charge in [0.15, 0.2) is 5.82 Å². The van der Waals surface area contributed by atoms with Crippen molar-refractivity contribution < 1.29 is 4.79 Å². The molecule has 1 aromatic carbocycles. The molecule has 1 aliphatic rings. The van der Waals surface area contributed by atoms with Gasteiger partial charge in [0.05, 0.1) is 11.7 Å². The zero-order chi connectivity index (χ0) is 21.0. The number of amides is 1. The number of anilines is 1. The Morgan fingerprint density at radius 1 is 1.21 bits per heavy atom. The number of hydrogen-bond donors (Lipinski definition) is 0.